The van der Waals surface area contributed by atoms with E-state index in [-0.39, 0.29) is 0 Å². The van der Waals surface area contributed by atoms with E-state index in [4.69, 9.17) is 15.0 Å². The van der Waals surface area contributed by atoms with Crippen LogP contribution < -0.4 is 0 Å². The molecule has 0 aliphatic heterocycles. The van der Waals surface area contributed by atoms with Crippen molar-refractivity contribution in [1.29, 1.82) is 0 Å². The maximum atomic E-state index is 5.17. The van der Waals surface area contributed by atoms with Gasteiger partial charge in [-0.05, 0) is 51.9 Å². The molecule has 4 nitrogen and oxygen atoms in total. The predicted octanol–water partition coefficient (Wildman–Crippen LogP) is 14.3. The fraction of sp³-hybridized carbons (Fsp3) is 0. The third kappa shape index (κ3) is 4.36. The molecule has 12 aromatic rings. The van der Waals surface area contributed by atoms with Crippen molar-refractivity contribution < 1.29 is 0 Å². The standard InChI is InChI=1S/C53H30N4S/c1-3-15-31(16-4-1)51-54-52(32-17-5-2-6-18-32)56-53(55-51)39-29-30-42(36-22-10-9-21-35(36)39)57-43-27-14-25-38-34-20-8-7-19-33(34)37-24-13-26-41-45(37)48(46(38)43)49(57)47-40-23-11-12-28-44(40)58-50(41)47/h1-30H. The van der Waals surface area contributed by atoms with Gasteiger partial charge >= 0.3 is 0 Å². The molecule has 0 bridgehead atoms. The van der Waals surface area contributed by atoms with Crippen LogP contribution in [0, 0.1) is 0 Å². The van der Waals surface area contributed by atoms with E-state index < -0.39 is 0 Å². The van der Waals surface area contributed by atoms with Crippen molar-refractivity contribution in [3.8, 4) is 62.1 Å². The molecule has 0 spiro atoms. The second-order valence-corrected chi connectivity index (χ2v) is 16.1. The zero-order valence-electron chi connectivity index (χ0n) is 31.0. The Balaban J connectivity index is 1.17. The third-order valence-electron chi connectivity index (χ3n) is 12.0. The summed E-state index contributed by atoms with van der Waals surface area (Å²) in [4.78, 5) is 15.3. The zero-order chi connectivity index (χ0) is 37.9. The minimum atomic E-state index is 0.646. The lowest BCUT2D eigenvalue weighted by Gasteiger charge is -2.17. The molecule has 5 heteroatoms. The fourth-order valence-electron chi connectivity index (χ4n) is 9.56. The monoisotopic (exact) mass is 754 g/mol. The van der Waals surface area contributed by atoms with E-state index in [9.17, 15) is 0 Å². The summed E-state index contributed by atoms with van der Waals surface area (Å²) in [5, 5.41) is 10.0. The topological polar surface area (TPSA) is 43.6 Å². The molecule has 0 fully saturated rings. The first-order chi connectivity index (χ1) is 28.8. The summed E-state index contributed by atoms with van der Waals surface area (Å²) in [6, 6.07) is 65.2. The van der Waals surface area contributed by atoms with Crippen molar-refractivity contribution in [1.82, 2.24) is 19.5 Å². The SMILES string of the molecule is c1ccc(-c2nc(-c3ccccc3)nc(-c3ccc(-n4c5cccc6c5c5c7c(cccc7c7sc8ccccc8c7c54)-c4ccccc4-6)c4ccccc34)n2)cc1. The minimum absolute atomic E-state index is 0.646. The summed E-state index contributed by atoms with van der Waals surface area (Å²) >= 11 is 1.90. The van der Waals surface area contributed by atoms with Crippen molar-refractivity contribution in [2.75, 3.05) is 0 Å². The van der Waals surface area contributed by atoms with E-state index in [1.54, 1.807) is 0 Å². The molecular formula is C53H30N4S. The van der Waals surface area contributed by atoms with Crippen LogP contribution in [-0.2, 0) is 0 Å². The van der Waals surface area contributed by atoms with Crippen LogP contribution in [0.15, 0.2) is 182 Å². The number of hydrogen-bond acceptors (Lipinski definition) is 4. The Kier molecular flexibility index (Phi) is 6.57. The van der Waals surface area contributed by atoms with E-state index in [0.717, 1.165) is 33.2 Å². The summed E-state index contributed by atoms with van der Waals surface area (Å²) in [5.41, 5.74) is 11.5. The van der Waals surface area contributed by atoms with E-state index in [1.807, 2.05) is 47.7 Å². The smallest absolute Gasteiger partial charge is 0.164 e. The molecule has 0 atom stereocenters. The molecule has 0 saturated heterocycles. The number of hydrogen-bond donors (Lipinski definition) is 0. The summed E-state index contributed by atoms with van der Waals surface area (Å²) in [7, 11) is 0. The predicted molar refractivity (Wildman–Crippen MR) is 243 cm³/mol. The number of nitrogens with zero attached hydrogens (tertiary/aromatic N) is 4. The van der Waals surface area contributed by atoms with E-state index in [2.05, 4.69) is 150 Å². The second kappa shape index (κ2) is 12.0. The van der Waals surface area contributed by atoms with Crippen molar-refractivity contribution in [2.24, 2.45) is 0 Å². The molecule has 13 rings (SSSR count). The Morgan fingerprint density at radius 3 is 1.62 bits per heavy atom. The van der Waals surface area contributed by atoms with Gasteiger partial charge in [-0.15, -0.1) is 11.3 Å². The lowest BCUT2D eigenvalue weighted by atomic mass is 9.92. The minimum Gasteiger partial charge on any atom is -0.308 e. The average molecular weight is 755 g/mol. The van der Waals surface area contributed by atoms with E-state index in [1.165, 1.54) is 75.0 Å². The number of rotatable bonds is 4. The Labute approximate surface area is 337 Å². The Morgan fingerprint density at radius 1 is 0.345 bits per heavy atom. The molecule has 58 heavy (non-hydrogen) atoms. The molecule has 0 unspecified atom stereocenters. The lowest BCUT2D eigenvalue weighted by molar-refractivity contribution is 1.08. The zero-order valence-corrected chi connectivity index (χ0v) is 31.8. The van der Waals surface area contributed by atoms with Gasteiger partial charge in [-0.2, -0.15) is 0 Å². The van der Waals surface area contributed by atoms with Gasteiger partial charge in [0.2, 0.25) is 0 Å². The molecule has 3 aromatic heterocycles. The quantitative estimate of drug-likeness (QED) is 0.180. The average Bonchev–Trinajstić information content (AvgIpc) is 3.82. The van der Waals surface area contributed by atoms with Gasteiger partial charge in [0.05, 0.1) is 16.7 Å². The molecule has 0 amide bonds. The number of aromatic nitrogens is 4. The van der Waals surface area contributed by atoms with Crippen LogP contribution in [-0.4, -0.2) is 19.5 Å². The normalized spacial score (nSPS) is 12.1. The maximum absolute atomic E-state index is 5.17. The van der Waals surface area contributed by atoms with Crippen LogP contribution in [0.1, 0.15) is 0 Å². The van der Waals surface area contributed by atoms with E-state index >= 15 is 0 Å². The molecule has 0 saturated carbocycles. The summed E-state index contributed by atoms with van der Waals surface area (Å²) in [6.07, 6.45) is 0. The first kappa shape index (κ1) is 31.7. The molecule has 268 valence electrons. The third-order valence-corrected chi connectivity index (χ3v) is 13.2. The molecule has 9 aromatic carbocycles. The van der Waals surface area contributed by atoms with Gasteiger partial charge in [-0.1, -0.05) is 158 Å². The fourth-order valence-corrected chi connectivity index (χ4v) is 10.8. The highest BCUT2D eigenvalue weighted by Crippen LogP contribution is 2.54. The first-order valence-electron chi connectivity index (χ1n) is 19.6. The van der Waals surface area contributed by atoms with Crippen molar-refractivity contribution in [3.05, 3.63) is 182 Å². The Hall–Kier alpha value is -7.47. The number of benzene rings is 9. The van der Waals surface area contributed by atoms with Gasteiger partial charge in [0, 0.05) is 63.8 Å². The van der Waals surface area contributed by atoms with Crippen molar-refractivity contribution in [3.63, 3.8) is 0 Å². The highest BCUT2D eigenvalue weighted by atomic mass is 32.1. The highest BCUT2D eigenvalue weighted by Gasteiger charge is 2.29. The van der Waals surface area contributed by atoms with E-state index in [0.29, 0.717) is 17.5 Å². The highest BCUT2D eigenvalue weighted by molar-refractivity contribution is 7.27. The molecule has 0 radical (unpaired) electrons. The maximum Gasteiger partial charge on any atom is 0.164 e. The van der Waals surface area contributed by atoms with Crippen molar-refractivity contribution in [2.45, 2.75) is 0 Å². The van der Waals surface area contributed by atoms with Gasteiger partial charge in [0.15, 0.2) is 17.5 Å². The number of fused-ring (bicyclic) bond motifs is 9. The van der Waals surface area contributed by atoms with Gasteiger partial charge in [0.1, 0.15) is 0 Å². The van der Waals surface area contributed by atoms with Crippen LogP contribution in [0.4, 0.5) is 0 Å². The van der Waals surface area contributed by atoms with Crippen LogP contribution in [0.5, 0.6) is 0 Å². The largest absolute Gasteiger partial charge is 0.308 e. The summed E-state index contributed by atoms with van der Waals surface area (Å²) < 4.78 is 5.18. The number of thiophene rings is 1. The Bertz CT molecular complexity index is 3620. The lowest BCUT2D eigenvalue weighted by Crippen LogP contribution is -2.02. The van der Waals surface area contributed by atoms with Crippen molar-refractivity contribution >= 4 is 74.9 Å². The Morgan fingerprint density at radius 2 is 0.897 bits per heavy atom. The van der Waals surface area contributed by atoms with Crippen LogP contribution in [0.25, 0.3) is 126 Å². The van der Waals surface area contributed by atoms with Gasteiger partial charge in [-0.3, -0.25) is 0 Å². The second-order valence-electron chi connectivity index (χ2n) is 15.1. The molecule has 0 N–H and O–H groups in total. The van der Waals surface area contributed by atoms with Crippen LogP contribution >= 0.6 is 11.3 Å². The molecule has 3 heterocycles. The van der Waals surface area contributed by atoms with Gasteiger partial charge in [0.25, 0.3) is 0 Å². The van der Waals surface area contributed by atoms with Gasteiger partial charge < -0.3 is 4.57 Å². The molecule has 1 aliphatic rings. The molecule has 1 aliphatic carbocycles. The van der Waals surface area contributed by atoms with Gasteiger partial charge in [-0.25, -0.2) is 15.0 Å². The molecular weight excluding hydrogens is 725 g/mol. The van der Waals surface area contributed by atoms with Crippen LogP contribution in [0.3, 0.4) is 0 Å². The summed E-state index contributed by atoms with van der Waals surface area (Å²) in [5.74, 6) is 1.95. The van der Waals surface area contributed by atoms with Crippen LogP contribution in [0.2, 0.25) is 0 Å². The summed E-state index contributed by atoms with van der Waals surface area (Å²) in [6.45, 7) is 0. The first-order valence-corrected chi connectivity index (χ1v) is 20.4.